The Balaban J connectivity index is 0.000000133. The van der Waals surface area contributed by atoms with E-state index in [0.29, 0.717) is 0 Å². The lowest BCUT2D eigenvalue weighted by molar-refractivity contribution is 0.660. The zero-order valence-electron chi connectivity index (χ0n) is 63.4. The molecule has 0 saturated carbocycles. The molecule has 0 fully saturated rings. The summed E-state index contributed by atoms with van der Waals surface area (Å²) in [6.45, 7) is 4.73. The maximum absolute atomic E-state index is 2.48. The fraction of sp³-hybridized carbons (Fsp3) is 0.0270. The third kappa shape index (κ3) is 9.92. The van der Waals surface area contributed by atoms with E-state index in [1.54, 1.807) is 0 Å². The standard InChI is InChI=1S/C57H38N2.C54H34N2/c1-57(2)50-20-8-6-16-42(50)43-27-25-41(34-51(43)57)58-53-28-23-38(35-12-4-3-5-13-35)31-48(53)49-32-39(24-29-54(49)58)36-14-10-15-37(30-36)40-22-26-45-47-19-11-18-46-44-17-7-9-21-52(44)59(56(46)47)55(45)33-40;1-3-11-35(12-4-1)37-21-26-43(27-22-37)55-51-29-24-40(36-13-5-2-6-14-36)32-48(51)49-33-41(25-30-52(49)55)38-15-9-16-39(31-38)42-23-28-45-47-19-10-18-46-44-17-7-8-20-50(44)56(54(46)47)53(45)34-42/h3-34H,1-2H3;1-34H. The lowest BCUT2D eigenvalue weighted by Gasteiger charge is -2.22. The summed E-state index contributed by atoms with van der Waals surface area (Å²) in [4.78, 5) is 0. The second kappa shape index (κ2) is 25.1. The maximum Gasteiger partial charge on any atom is 0.0620 e. The van der Waals surface area contributed by atoms with Crippen molar-refractivity contribution < 1.29 is 0 Å². The summed E-state index contributed by atoms with van der Waals surface area (Å²) in [5.41, 5.74) is 37.2. The lowest BCUT2D eigenvalue weighted by atomic mass is 9.82. The highest BCUT2D eigenvalue weighted by Gasteiger charge is 2.36. The molecule has 0 saturated heterocycles. The highest BCUT2D eigenvalue weighted by Crippen LogP contribution is 2.51. The van der Waals surface area contributed by atoms with Crippen LogP contribution in [-0.4, -0.2) is 17.9 Å². The van der Waals surface area contributed by atoms with Crippen molar-refractivity contribution in [3.8, 4) is 100 Å². The predicted octanol–water partition coefficient (Wildman–Crippen LogP) is 29.8. The van der Waals surface area contributed by atoms with E-state index in [9.17, 15) is 0 Å². The smallest absolute Gasteiger partial charge is 0.0620 e. The van der Waals surface area contributed by atoms with Crippen LogP contribution in [0.15, 0.2) is 400 Å². The molecule has 0 N–H and O–H groups in total. The van der Waals surface area contributed by atoms with Crippen molar-refractivity contribution in [3.63, 3.8) is 0 Å². The van der Waals surface area contributed by atoms with Gasteiger partial charge in [0.25, 0.3) is 0 Å². The van der Waals surface area contributed by atoms with Crippen molar-refractivity contribution >= 4 is 120 Å². The summed E-state index contributed by atoms with van der Waals surface area (Å²) in [5, 5.41) is 15.4. The monoisotopic (exact) mass is 1460 g/mol. The van der Waals surface area contributed by atoms with Crippen molar-refractivity contribution in [3.05, 3.63) is 412 Å². The van der Waals surface area contributed by atoms with E-state index >= 15 is 0 Å². The van der Waals surface area contributed by atoms with E-state index in [0.717, 1.165) is 5.69 Å². The Kier molecular flexibility index (Phi) is 14.2. The summed E-state index contributed by atoms with van der Waals surface area (Å²) in [5.74, 6) is 0. The van der Waals surface area contributed by atoms with E-state index in [4.69, 9.17) is 0 Å². The molecular weight excluding hydrogens is 1390 g/mol. The molecule has 0 amide bonds. The molecule has 25 rings (SSSR count). The first kappa shape index (κ1) is 64.9. The highest BCUT2D eigenvalue weighted by atomic mass is 15.0. The minimum atomic E-state index is -0.0793. The third-order valence-corrected chi connectivity index (χ3v) is 25.3. The van der Waals surface area contributed by atoms with Crippen LogP contribution in [0.25, 0.3) is 220 Å². The molecule has 115 heavy (non-hydrogen) atoms. The van der Waals surface area contributed by atoms with Gasteiger partial charge in [-0.05, 0) is 209 Å². The fourth-order valence-electron chi connectivity index (χ4n) is 19.8. The molecule has 0 spiro atoms. The SMILES string of the molecule is CC1(C)c2ccccc2-c2ccc(-n3c4ccc(-c5ccccc5)cc4c4cc(-c5cccc(-c6ccc7c8cccc9c%10ccccc%10n(c7c6)c98)c5)ccc43)cc21.c1ccc(-c2ccc(-n3c4ccc(-c5ccccc5)cc4c4cc(-c5cccc(-c6ccc7c8cccc9c%10ccccc%10n(c7c6)c98)c5)ccc43)cc2)cc1. The van der Waals surface area contributed by atoms with E-state index in [2.05, 4.69) is 432 Å². The normalized spacial score (nSPS) is 12.7. The summed E-state index contributed by atoms with van der Waals surface area (Å²) in [7, 11) is 0. The quantitative estimate of drug-likeness (QED) is 0.137. The van der Waals surface area contributed by atoms with Crippen molar-refractivity contribution in [1.82, 2.24) is 17.9 Å². The maximum atomic E-state index is 2.48. The average molecular weight is 1460 g/mol. The zero-order chi connectivity index (χ0) is 75.7. The van der Waals surface area contributed by atoms with Gasteiger partial charge in [0.1, 0.15) is 0 Å². The van der Waals surface area contributed by atoms with Gasteiger partial charge in [0.2, 0.25) is 0 Å². The van der Waals surface area contributed by atoms with E-state index in [-0.39, 0.29) is 5.41 Å². The Bertz CT molecular complexity index is 8090. The van der Waals surface area contributed by atoms with Gasteiger partial charge in [-0.1, -0.05) is 305 Å². The van der Waals surface area contributed by atoms with Gasteiger partial charge in [-0.2, -0.15) is 0 Å². The van der Waals surface area contributed by atoms with Crippen LogP contribution in [-0.2, 0) is 5.41 Å². The van der Waals surface area contributed by atoms with Crippen LogP contribution in [0.4, 0.5) is 0 Å². The molecule has 4 nitrogen and oxygen atoms in total. The topological polar surface area (TPSA) is 18.7 Å². The van der Waals surface area contributed by atoms with Crippen molar-refractivity contribution in [2.45, 2.75) is 19.3 Å². The highest BCUT2D eigenvalue weighted by molar-refractivity contribution is 6.25. The molecule has 0 aliphatic heterocycles. The van der Waals surface area contributed by atoms with Crippen LogP contribution in [0, 0.1) is 0 Å². The average Bonchev–Trinajstić information content (AvgIpc) is 1.55. The van der Waals surface area contributed by atoms with Gasteiger partial charge >= 0.3 is 0 Å². The molecule has 18 aromatic carbocycles. The van der Waals surface area contributed by atoms with Crippen LogP contribution in [0.3, 0.4) is 0 Å². The van der Waals surface area contributed by atoms with E-state index in [1.807, 2.05) is 0 Å². The first-order chi connectivity index (χ1) is 56.8. The predicted molar refractivity (Wildman–Crippen MR) is 486 cm³/mol. The second-order valence-electron chi connectivity index (χ2n) is 31.9. The summed E-state index contributed by atoms with van der Waals surface area (Å²) in [6, 6.07) is 148. The van der Waals surface area contributed by atoms with Gasteiger partial charge in [-0.25, -0.2) is 0 Å². The molecule has 0 unspecified atom stereocenters. The summed E-state index contributed by atoms with van der Waals surface area (Å²) in [6.07, 6.45) is 0. The molecule has 4 heteroatoms. The largest absolute Gasteiger partial charge is 0.309 e. The number of fused-ring (bicyclic) bond motifs is 21. The molecule has 24 aromatic rings. The molecule has 6 heterocycles. The zero-order valence-corrected chi connectivity index (χ0v) is 63.4. The number of nitrogens with zero attached hydrogens (tertiary/aromatic N) is 4. The Morgan fingerprint density at radius 3 is 0.913 bits per heavy atom. The number of benzene rings is 18. The summed E-state index contributed by atoms with van der Waals surface area (Å²) >= 11 is 0. The second-order valence-corrected chi connectivity index (χ2v) is 31.9. The number of para-hydroxylation sites is 4. The first-order valence-electron chi connectivity index (χ1n) is 40.0. The lowest BCUT2D eigenvalue weighted by Crippen LogP contribution is -2.15. The number of rotatable bonds is 9. The molecule has 0 atom stereocenters. The van der Waals surface area contributed by atoms with Gasteiger partial charge in [0.05, 0.1) is 55.2 Å². The molecule has 1 aliphatic carbocycles. The fourth-order valence-corrected chi connectivity index (χ4v) is 19.8. The van der Waals surface area contributed by atoms with Gasteiger partial charge in [-0.3, -0.25) is 0 Å². The summed E-state index contributed by atoms with van der Waals surface area (Å²) < 4.78 is 9.82. The Labute approximate surface area is 664 Å². The van der Waals surface area contributed by atoms with Crippen LogP contribution < -0.4 is 0 Å². The minimum Gasteiger partial charge on any atom is -0.309 e. The molecule has 1 aliphatic rings. The molecule has 0 bridgehead atoms. The van der Waals surface area contributed by atoms with Gasteiger partial charge in [-0.15, -0.1) is 0 Å². The van der Waals surface area contributed by atoms with Gasteiger partial charge in [0.15, 0.2) is 0 Å². The number of hydrogen-bond donors (Lipinski definition) is 0. The Hall–Kier alpha value is -14.8. The van der Waals surface area contributed by atoms with Gasteiger partial charge < -0.3 is 17.9 Å². The van der Waals surface area contributed by atoms with E-state index in [1.165, 1.54) is 226 Å². The Morgan fingerprint density at radius 2 is 0.461 bits per heavy atom. The van der Waals surface area contributed by atoms with Crippen LogP contribution >= 0.6 is 0 Å². The van der Waals surface area contributed by atoms with E-state index < -0.39 is 0 Å². The molecule has 6 aromatic heterocycles. The van der Waals surface area contributed by atoms with Crippen molar-refractivity contribution in [2.24, 2.45) is 0 Å². The molecule has 0 radical (unpaired) electrons. The van der Waals surface area contributed by atoms with Crippen molar-refractivity contribution in [1.29, 1.82) is 0 Å². The molecular formula is C111H72N4. The van der Waals surface area contributed by atoms with Gasteiger partial charge in [0, 0.05) is 81.4 Å². The number of aromatic nitrogens is 4. The number of hydrogen-bond acceptors (Lipinski definition) is 0. The molecule has 536 valence electrons. The Morgan fingerprint density at radius 1 is 0.165 bits per heavy atom. The first-order valence-corrected chi connectivity index (χ1v) is 40.0. The van der Waals surface area contributed by atoms with Crippen LogP contribution in [0.1, 0.15) is 25.0 Å². The minimum absolute atomic E-state index is 0.0793. The van der Waals surface area contributed by atoms with Crippen molar-refractivity contribution in [2.75, 3.05) is 0 Å². The third-order valence-electron chi connectivity index (χ3n) is 25.3. The van der Waals surface area contributed by atoms with Crippen LogP contribution in [0.5, 0.6) is 0 Å². The van der Waals surface area contributed by atoms with Crippen LogP contribution in [0.2, 0.25) is 0 Å².